The number of para-hydroxylation sites is 1. The number of amides is 3. The van der Waals surface area contributed by atoms with Gasteiger partial charge >= 0.3 is 6.03 Å². The molecular formula is C18H24N2O4. The lowest BCUT2D eigenvalue weighted by molar-refractivity contribution is -0.132. The molecule has 2 atom stereocenters. The smallest absolute Gasteiger partial charge is 0.325 e. The maximum Gasteiger partial charge on any atom is 0.325 e. The summed E-state index contributed by atoms with van der Waals surface area (Å²) in [4.78, 5) is 25.7. The lowest BCUT2D eigenvalue weighted by Gasteiger charge is -2.22. The highest BCUT2D eigenvalue weighted by molar-refractivity contribution is 6.07. The molecule has 0 spiro atoms. The highest BCUT2D eigenvalue weighted by Gasteiger charge is 2.56. The fourth-order valence-corrected chi connectivity index (χ4v) is 3.29. The molecule has 3 rings (SSSR count). The Kier molecular flexibility index (Phi) is 4.25. The summed E-state index contributed by atoms with van der Waals surface area (Å²) in [6.45, 7) is 5.62. The largest absolute Gasteiger partial charge is 0.490 e. The number of carbonyl (C=O) groups is 2. The number of aliphatic hydroxyl groups excluding tert-OH is 1. The topological polar surface area (TPSA) is 78.9 Å². The summed E-state index contributed by atoms with van der Waals surface area (Å²) in [5, 5.41) is 13.0. The van der Waals surface area contributed by atoms with E-state index in [9.17, 15) is 14.7 Å². The molecule has 1 aromatic carbocycles. The number of hydrogen-bond acceptors (Lipinski definition) is 4. The first-order valence-electron chi connectivity index (χ1n) is 8.34. The molecule has 0 unspecified atom stereocenters. The van der Waals surface area contributed by atoms with Crippen molar-refractivity contribution in [2.45, 2.75) is 45.3 Å². The first kappa shape index (κ1) is 16.8. The van der Waals surface area contributed by atoms with Gasteiger partial charge in [-0.25, -0.2) is 4.79 Å². The van der Waals surface area contributed by atoms with Crippen LogP contribution in [0.25, 0.3) is 0 Å². The molecule has 6 heteroatoms. The number of urea groups is 1. The minimum absolute atomic E-state index is 0.0307. The molecule has 1 heterocycles. The van der Waals surface area contributed by atoms with Crippen molar-refractivity contribution in [2.24, 2.45) is 5.92 Å². The van der Waals surface area contributed by atoms with Gasteiger partial charge in [-0.05, 0) is 50.7 Å². The Bertz CT molecular complexity index is 651. The van der Waals surface area contributed by atoms with Crippen LogP contribution in [0.3, 0.4) is 0 Å². The third kappa shape index (κ3) is 2.98. The second-order valence-corrected chi connectivity index (χ2v) is 7.01. The first-order chi connectivity index (χ1) is 11.3. The Hall–Kier alpha value is -2.08. The maximum atomic E-state index is 12.5. The minimum atomic E-state index is -0.930. The molecular weight excluding hydrogens is 308 g/mol. The molecule has 130 valence electrons. The summed E-state index contributed by atoms with van der Waals surface area (Å²) < 4.78 is 5.70. The van der Waals surface area contributed by atoms with Crippen LogP contribution in [0.15, 0.2) is 18.2 Å². The van der Waals surface area contributed by atoms with E-state index in [4.69, 9.17) is 4.74 Å². The van der Waals surface area contributed by atoms with Crippen LogP contribution in [0, 0.1) is 19.8 Å². The van der Waals surface area contributed by atoms with Gasteiger partial charge in [0.15, 0.2) is 0 Å². The number of rotatable bonds is 6. The lowest BCUT2D eigenvalue weighted by atomic mass is 9.96. The predicted octanol–water partition coefficient (Wildman–Crippen LogP) is 1.76. The molecule has 6 nitrogen and oxygen atoms in total. The number of β-amino-alcohol motifs (C(OH)–C–C–N with tert-alkyl or cyclic N) is 1. The molecule has 2 aliphatic rings. The van der Waals surface area contributed by atoms with Gasteiger partial charge in [-0.1, -0.05) is 18.2 Å². The molecule has 1 saturated heterocycles. The van der Waals surface area contributed by atoms with E-state index in [-0.39, 0.29) is 25.0 Å². The van der Waals surface area contributed by atoms with Crippen LogP contribution in [0.2, 0.25) is 0 Å². The summed E-state index contributed by atoms with van der Waals surface area (Å²) in [5.41, 5.74) is 1.15. The average molecular weight is 332 g/mol. The zero-order valence-corrected chi connectivity index (χ0v) is 14.3. The first-order valence-corrected chi connectivity index (χ1v) is 8.34. The molecule has 2 fully saturated rings. The van der Waals surface area contributed by atoms with E-state index in [2.05, 4.69) is 5.32 Å². The van der Waals surface area contributed by atoms with Crippen LogP contribution in [-0.4, -0.2) is 46.7 Å². The standard InChI is InChI=1S/C18H24N2O4/c1-11-5-4-6-12(2)15(11)24-10-14(21)9-20-16(22)18(3,13-7-8-13)19-17(20)23/h4-6,13-14,21H,7-10H2,1-3H3,(H,19,23)/t14-,18-/m1/s1. The van der Waals surface area contributed by atoms with Gasteiger partial charge in [-0.2, -0.15) is 0 Å². The van der Waals surface area contributed by atoms with Crippen LogP contribution in [-0.2, 0) is 4.79 Å². The van der Waals surface area contributed by atoms with E-state index >= 15 is 0 Å². The van der Waals surface area contributed by atoms with Crippen LogP contribution in [0.4, 0.5) is 4.79 Å². The van der Waals surface area contributed by atoms with Crippen LogP contribution < -0.4 is 10.1 Å². The van der Waals surface area contributed by atoms with Crippen molar-refractivity contribution in [1.29, 1.82) is 0 Å². The van der Waals surface area contributed by atoms with Gasteiger partial charge in [-0.15, -0.1) is 0 Å². The number of imide groups is 1. The van der Waals surface area contributed by atoms with Crippen molar-refractivity contribution in [1.82, 2.24) is 10.2 Å². The van der Waals surface area contributed by atoms with E-state index in [1.807, 2.05) is 32.0 Å². The molecule has 1 aliphatic carbocycles. The lowest BCUT2D eigenvalue weighted by Crippen LogP contribution is -2.46. The Balaban J connectivity index is 1.60. The number of carbonyl (C=O) groups excluding carboxylic acids is 2. The Morgan fingerprint density at radius 3 is 2.54 bits per heavy atom. The van der Waals surface area contributed by atoms with E-state index in [1.165, 1.54) is 0 Å². The Morgan fingerprint density at radius 2 is 1.96 bits per heavy atom. The maximum absolute atomic E-state index is 12.5. The van der Waals surface area contributed by atoms with Gasteiger partial charge < -0.3 is 15.2 Å². The van der Waals surface area contributed by atoms with Crippen LogP contribution >= 0.6 is 0 Å². The molecule has 3 amide bonds. The highest BCUT2D eigenvalue weighted by Crippen LogP contribution is 2.42. The van der Waals surface area contributed by atoms with Gasteiger partial charge in [0.2, 0.25) is 0 Å². The summed E-state index contributed by atoms with van der Waals surface area (Å²) in [6.07, 6.45) is 0.976. The molecule has 0 aromatic heterocycles. The molecule has 1 aliphatic heterocycles. The Labute approximate surface area is 141 Å². The highest BCUT2D eigenvalue weighted by atomic mass is 16.5. The zero-order valence-electron chi connectivity index (χ0n) is 14.3. The fourth-order valence-electron chi connectivity index (χ4n) is 3.29. The van der Waals surface area contributed by atoms with E-state index < -0.39 is 17.7 Å². The minimum Gasteiger partial charge on any atom is -0.490 e. The summed E-state index contributed by atoms with van der Waals surface area (Å²) >= 11 is 0. The second kappa shape index (κ2) is 6.09. The van der Waals surface area contributed by atoms with Gasteiger partial charge in [0, 0.05) is 0 Å². The number of benzene rings is 1. The summed E-state index contributed by atoms with van der Waals surface area (Å²) in [6, 6.07) is 5.39. The molecule has 2 N–H and O–H groups in total. The Morgan fingerprint density at radius 1 is 1.33 bits per heavy atom. The molecule has 1 aromatic rings. The quantitative estimate of drug-likeness (QED) is 0.778. The van der Waals surface area contributed by atoms with Crippen molar-refractivity contribution in [3.05, 3.63) is 29.3 Å². The molecule has 0 radical (unpaired) electrons. The molecule has 24 heavy (non-hydrogen) atoms. The van der Waals surface area contributed by atoms with Gasteiger partial charge in [0.1, 0.15) is 24.0 Å². The van der Waals surface area contributed by atoms with Crippen molar-refractivity contribution in [2.75, 3.05) is 13.2 Å². The summed E-state index contributed by atoms with van der Waals surface area (Å²) in [5.74, 6) is 0.694. The van der Waals surface area contributed by atoms with Crippen molar-refractivity contribution < 1.29 is 19.4 Å². The van der Waals surface area contributed by atoms with Crippen molar-refractivity contribution in [3.63, 3.8) is 0 Å². The normalized spacial score (nSPS) is 24.9. The molecule has 1 saturated carbocycles. The van der Waals surface area contributed by atoms with Gasteiger partial charge in [0.05, 0.1) is 6.54 Å². The fraction of sp³-hybridized carbons (Fsp3) is 0.556. The number of hydrogen-bond donors (Lipinski definition) is 2. The van der Waals surface area contributed by atoms with E-state index in [0.717, 1.165) is 34.6 Å². The number of aliphatic hydroxyl groups is 1. The second-order valence-electron chi connectivity index (χ2n) is 7.01. The van der Waals surface area contributed by atoms with Crippen LogP contribution in [0.5, 0.6) is 5.75 Å². The number of nitrogens with one attached hydrogen (secondary N) is 1. The van der Waals surface area contributed by atoms with E-state index in [0.29, 0.717) is 0 Å². The SMILES string of the molecule is Cc1cccc(C)c1OC[C@H](O)CN1C(=O)N[C@](C)(C2CC2)C1=O. The monoisotopic (exact) mass is 332 g/mol. The molecule has 0 bridgehead atoms. The van der Waals surface area contributed by atoms with Gasteiger partial charge in [0.25, 0.3) is 5.91 Å². The van der Waals surface area contributed by atoms with Gasteiger partial charge in [-0.3, -0.25) is 9.69 Å². The zero-order chi connectivity index (χ0) is 17.5. The van der Waals surface area contributed by atoms with Crippen molar-refractivity contribution >= 4 is 11.9 Å². The van der Waals surface area contributed by atoms with Crippen LogP contribution in [0.1, 0.15) is 30.9 Å². The van der Waals surface area contributed by atoms with Crippen molar-refractivity contribution in [3.8, 4) is 5.75 Å². The predicted molar refractivity (Wildman–Crippen MR) is 88.8 cm³/mol. The van der Waals surface area contributed by atoms with E-state index in [1.54, 1.807) is 6.92 Å². The number of aryl methyl sites for hydroxylation is 2. The third-order valence-corrected chi connectivity index (χ3v) is 4.92. The summed E-state index contributed by atoms with van der Waals surface area (Å²) in [7, 11) is 0. The number of ether oxygens (including phenoxy) is 1. The number of nitrogens with zero attached hydrogens (tertiary/aromatic N) is 1. The third-order valence-electron chi connectivity index (χ3n) is 4.92. The average Bonchev–Trinajstić information content (AvgIpc) is 3.33.